The number of likely N-dealkylation sites (N-methyl/N-ethyl adjacent to an activating group) is 1. The molecule has 0 spiro atoms. The smallest absolute Gasteiger partial charge is 0.296 e. The first-order valence-electron chi connectivity index (χ1n) is 8.96. The number of H-pyrrole nitrogens is 1. The highest BCUT2D eigenvalue weighted by Gasteiger charge is 2.50. The van der Waals surface area contributed by atoms with E-state index in [0.29, 0.717) is 33.5 Å². The van der Waals surface area contributed by atoms with Gasteiger partial charge in [0, 0.05) is 28.5 Å². The van der Waals surface area contributed by atoms with Gasteiger partial charge in [0.2, 0.25) is 12.5 Å². The Morgan fingerprint density at radius 1 is 1.17 bits per heavy atom. The highest BCUT2D eigenvalue weighted by molar-refractivity contribution is 6.18. The fourth-order valence-corrected chi connectivity index (χ4v) is 4.34. The van der Waals surface area contributed by atoms with Crippen LogP contribution in [-0.4, -0.2) is 34.3 Å². The molecular weight excluding hydrogens is 376 g/mol. The van der Waals surface area contributed by atoms with Crippen molar-refractivity contribution in [1.82, 2.24) is 4.98 Å². The van der Waals surface area contributed by atoms with Crippen LogP contribution in [0.1, 0.15) is 18.1 Å². The van der Waals surface area contributed by atoms with Gasteiger partial charge in [-0.3, -0.25) is 25.0 Å². The molecule has 2 heterocycles. The second-order valence-electron chi connectivity index (χ2n) is 7.50. The van der Waals surface area contributed by atoms with E-state index in [-0.39, 0.29) is 11.2 Å². The quantitative estimate of drug-likeness (QED) is 0.535. The molecular formula is C20H18N4O5. The van der Waals surface area contributed by atoms with Gasteiger partial charge in [-0.05, 0) is 25.5 Å². The van der Waals surface area contributed by atoms with Crippen molar-refractivity contribution in [1.29, 1.82) is 0 Å². The summed E-state index contributed by atoms with van der Waals surface area (Å²) >= 11 is 0. The Balaban J connectivity index is 2.22. The Morgan fingerprint density at radius 3 is 2.41 bits per heavy atom. The SMILES string of the molecule is Cc1cc2c3c(c(-c4ccccc4)[nH]c3c1[N+](=O)[O-])C(C)(C[N+](=O)[O-])C(=O)N2C. The minimum atomic E-state index is -1.47. The average Bonchev–Trinajstić information content (AvgIpc) is 3.05. The molecule has 4 rings (SSSR count). The molecule has 1 amide bonds. The third kappa shape index (κ3) is 2.50. The number of aryl methyl sites for hydroxylation is 1. The minimum absolute atomic E-state index is 0.0987. The summed E-state index contributed by atoms with van der Waals surface area (Å²) in [5, 5.41) is 23.7. The zero-order valence-corrected chi connectivity index (χ0v) is 16.1. The molecule has 1 aliphatic heterocycles. The van der Waals surface area contributed by atoms with Crippen molar-refractivity contribution in [2.24, 2.45) is 0 Å². The van der Waals surface area contributed by atoms with E-state index in [4.69, 9.17) is 0 Å². The van der Waals surface area contributed by atoms with Crippen molar-refractivity contribution in [2.75, 3.05) is 18.5 Å². The molecule has 3 aromatic rings. The Labute approximate surface area is 165 Å². The number of carbonyl (C=O) groups excluding carboxylic acids is 1. The number of nitrogens with zero attached hydrogens (tertiary/aromatic N) is 3. The van der Waals surface area contributed by atoms with Crippen LogP contribution in [0, 0.1) is 27.2 Å². The summed E-state index contributed by atoms with van der Waals surface area (Å²) in [4.78, 5) is 40.0. The van der Waals surface area contributed by atoms with Gasteiger partial charge in [-0.15, -0.1) is 0 Å². The second-order valence-corrected chi connectivity index (χ2v) is 7.50. The van der Waals surface area contributed by atoms with Crippen LogP contribution in [0.4, 0.5) is 11.4 Å². The molecule has 0 bridgehead atoms. The number of benzene rings is 2. The average molecular weight is 394 g/mol. The molecule has 1 atom stereocenters. The lowest BCUT2D eigenvalue weighted by molar-refractivity contribution is -0.487. The highest BCUT2D eigenvalue weighted by atomic mass is 16.6. The lowest BCUT2D eigenvalue weighted by atomic mass is 9.75. The van der Waals surface area contributed by atoms with Crippen LogP contribution in [0.5, 0.6) is 0 Å². The molecule has 1 unspecified atom stereocenters. The Bertz CT molecular complexity index is 1200. The number of hydrogen-bond donors (Lipinski definition) is 1. The number of aromatic amines is 1. The predicted molar refractivity (Wildman–Crippen MR) is 108 cm³/mol. The Hall–Kier alpha value is -3.75. The standard InChI is InChI=1S/C20H18N4O5/c1-11-9-13-14-15(20(2,10-23(26)27)19(25)22(13)3)16(12-7-5-4-6-8-12)21-17(14)18(11)24(28)29/h4-9,21H,10H2,1-3H3. The molecule has 1 aliphatic rings. The third-order valence-electron chi connectivity index (χ3n) is 5.60. The number of nitrogens with one attached hydrogen (secondary N) is 1. The van der Waals surface area contributed by atoms with Crippen LogP contribution >= 0.6 is 0 Å². The Kier molecular flexibility index (Phi) is 3.93. The van der Waals surface area contributed by atoms with Gasteiger partial charge >= 0.3 is 0 Å². The van der Waals surface area contributed by atoms with E-state index < -0.39 is 27.7 Å². The maximum Gasteiger partial charge on any atom is 0.296 e. The maximum atomic E-state index is 13.3. The molecule has 29 heavy (non-hydrogen) atoms. The van der Waals surface area contributed by atoms with Crippen LogP contribution in [0.25, 0.3) is 22.2 Å². The minimum Gasteiger partial charge on any atom is -0.349 e. The van der Waals surface area contributed by atoms with Gasteiger partial charge in [0.05, 0.1) is 16.3 Å². The van der Waals surface area contributed by atoms with Crippen LogP contribution in [-0.2, 0) is 10.2 Å². The number of hydrogen-bond acceptors (Lipinski definition) is 5. The first kappa shape index (κ1) is 18.6. The van der Waals surface area contributed by atoms with E-state index in [1.54, 1.807) is 44.3 Å². The lowest BCUT2D eigenvalue weighted by Crippen LogP contribution is -2.50. The first-order valence-corrected chi connectivity index (χ1v) is 8.96. The monoisotopic (exact) mass is 394 g/mol. The van der Waals surface area contributed by atoms with E-state index in [1.807, 2.05) is 6.07 Å². The van der Waals surface area contributed by atoms with Gasteiger partial charge < -0.3 is 9.88 Å². The van der Waals surface area contributed by atoms with Gasteiger partial charge in [-0.2, -0.15) is 0 Å². The molecule has 1 aromatic heterocycles. The van der Waals surface area contributed by atoms with Gasteiger partial charge in [-0.1, -0.05) is 30.3 Å². The second kappa shape index (κ2) is 6.13. The Morgan fingerprint density at radius 2 is 1.83 bits per heavy atom. The van der Waals surface area contributed by atoms with Crippen molar-refractivity contribution in [3.63, 3.8) is 0 Å². The summed E-state index contributed by atoms with van der Waals surface area (Å²) in [5.74, 6) is -0.423. The molecule has 2 aromatic carbocycles. The van der Waals surface area contributed by atoms with Crippen molar-refractivity contribution >= 4 is 28.2 Å². The zero-order valence-electron chi connectivity index (χ0n) is 16.1. The van der Waals surface area contributed by atoms with E-state index >= 15 is 0 Å². The van der Waals surface area contributed by atoms with Crippen LogP contribution in [0.3, 0.4) is 0 Å². The molecule has 148 valence electrons. The van der Waals surface area contributed by atoms with Gasteiger partial charge in [0.25, 0.3) is 5.69 Å². The topological polar surface area (TPSA) is 122 Å². The molecule has 0 saturated heterocycles. The number of nitro benzene ring substituents is 1. The van der Waals surface area contributed by atoms with Gasteiger partial charge in [-0.25, -0.2) is 0 Å². The van der Waals surface area contributed by atoms with Crippen molar-refractivity contribution in [3.8, 4) is 11.3 Å². The lowest BCUT2D eigenvalue weighted by Gasteiger charge is -2.35. The number of anilines is 1. The third-order valence-corrected chi connectivity index (χ3v) is 5.60. The fraction of sp³-hybridized carbons (Fsp3) is 0.250. The molecule has 1 N–H and O–H groups in total. The van der Waals surface area contributed by atoms with E-state index in [2.05, 4.69) is 4.98 Å². The summed E-state index contributed by atoms with van der Waals surface area (Å²) in [5.41, 5.74) is 1.22. The van der Waals surface area contributed by atoms with E-state index in [0.717, 1.165) is 0 Å². The van der Waals surface area contributed by atoms with Crippen molar-refractivity contribution < 1.29 is 14.6 Å². The molecule has 9 heteroatoms. The molecule has 0 radical (unpaired) electrons. The summed E-state index contributed by atoms with van der Waals surface area (Å²) in [6.45, 7) is 2.52. The first-order chi connectivity index (χ1) is 13.7. The highest BCUT2D eigenvalue weighted by Crippen LogP contribution is 2.50. The number of aromatic nitrogens is 1. The predicted octanol–water partition coefficient (Wildman–Crippen LogP) is 3.56. The largest absolute Gasteiger partial charge is 0.349 e. The summed E-state index contributed by atoms with van der Waals surface area (Å²) in [6.07, 6.45) is 0. The molecule has 0 aliphatic carbocycles. The summed E-state index contributed by atoms with van der Waals surface area (Å²) in [6, 6.07) is 10.6. The number of carbonyl (C=O) groups is 1. The number of rotatable bonds is 4. The van der Waals surface area contributed by atoms with Crippen LogP contribution < -0.4 is 4.90 Å². The van der Waals surface area contributed by atoms with Crippen molar-refractivity contribution in [3.05, 3.63) is 67.8 Å². The van der Waals surface area contributed by atoms with Crippen LogP contribution in [0.15, 0.2) is 36.4 Å². The van der Waals surface area contributed by atoms with E-state index in [1.165, 1.54) is 11.8 Å². The summed E-state index contributed by atoms with van der Waals surface area (Å²) in [7, 11) is 1.54. The maximum absolute atomic E-state index is 13.3. The molecule has 9 nitrogen and oxygen atoms in total. The van der Waals surface area contributed by atoms with Crippen LogP contribution in [0.2, 0.25) is 0 Å². The molecule has 0 saturated carbocycles. The van der Waals surface area contributed by atoms with E-state index in [9.17, 15) is 25.0 Å². The zero-order chi connectivity index (χ0) is 21.1. The fourth-order valence-electron chi connectivity index (χ4n) is 4.34. The normalized spacial score (nSPS) is 18.3. The molecule has 0 fully saturated rings. The number of nitro groups is 2. The summed E-state index contributed by atoms with van der Waals surface area (Å²) < 4.78 is 0. The van der Waals surface area contributed by atoms with Gasteiger partial charge in [0.1, 0.15) is 10.9 Å². The van der Waals surface area contributed by atoms with Gasteiger partial charge in [0.15, 0.2) is 0 Å². The number of amides is 1. The van der Waals surface area contributed by atoms with Crippen molar-refractivity contribution in [2.45, 2.75) is 19.3 Å².